The second-order valence-electron chi connectivity index (χ2n) is 7.04. The summed E-state index contributed by atoms with van der Waals surface area (Å²) in [6, 6.07) is 3.93. The third-order valence-corrected chi connectivity index (χ3v) is 5.18. The van der Waals surface area contributed by atoms with E-state index in [-0.39, 0.29) is 11.9 Å². The van der Waals surface area contributed by atoms with Crippen LogP contribution in [0.15, 0.2) is 24.8 Å². The summed E-state index contributed by atoms with van der Waals surface area (Å²) in [5.74, 6) is -0.133. The summed E-state index contributed by atoms with van der Waals surface area (Å²) < 4.78 is 1.79. The smallest absolute Gasteiger partial charge is 0.278 e. The molecule has 0 saturated carbocycles. The first kappa shape index (κ1) is 17.9. The van der Waals surface area contributed by atoms with Crippen molar-refractivity contribution in [3.8, 4) is 0 Å². The lowest BCUT2D eigenvalue weighted by Gasteiger charge is -2.22. The van der Waals surface area contributed by atoms with Gasteiger partial charge in [0, 0.05) is 12.0 Å². The first-order valence-corrected chi connectivity index (χ1v) is 9.16. The Morgan fingerprint density at radius 1 is 1.19 bits per heavy atom. The van der Waals surface area contributed by atoms with Gasteiger partial charge in [-0.05, 0) is 38.8 Å². The second kappa shape index (κ2) is 6.58. The molecule has 1 fully saturated rings. The van der Waals surface area contributed by atoms with Gasteiger partial charge in [0.05, 0.1) is 12.4 Å². The molecule has 0 bridgehead atoms. The van der Waals surface area contributed by atoms with Crippen LogP contribution in [-0.4, -0.2) is 36.5 Å². The van der Waals surface area contributed by atoms with Crippen LogP contribution in [0.5, 0.6) is 0 Å². The lowest BCUT2D eigenvalue weighted by molar-refractivity contribution is -0.146. The lowest BCUT2D eigenvalue weighted by atomic mass is 9.99. The van der Waals surface area contributed by atoms with Crippen molar-refractivity contribution in [3.05, 3.63) is 52.2 Å². The Balaban J connectivity index is 1.67. The summed E-state index contributed by atoms with van der Waals surface area (Å²) in [6.45, 7) is 7.89. The number of carbonyl (C=O) groups excluding carboxylic acids is 1. The van der Waals surface area contributed by atoms with E-state index in [1.807, 2.05) is 39.8 Å². The molecule has 7 nitrogen and oxygen atoms in total. The Morgan fingerprint density at radius 3 is 2.59 bits per heavy atom. The summed E-state index contributed by atoms with van der Waals surface area (Å²) in [4.78, 5) is 31.6. The highest BCUT2D eigenvalue weighted by atomic mass is 35.5. The highest BCUT2D eigenvalue weighted by Gasteiger charge is 2.37. The fourth-order valence-corrected chi connectivity index (χ4v) is 3.99. The molecule has 0 N–H and O–H groups in total. The van der Waals surface area contributed by atoms with E-state index in [1.165, 1.54) is 11.4 Å². The third-order valence-electron chi connectivity index (χ3n) is 4.90. The zero-order valence-corrected chi connectivity index (χ0v) is 16.4. The number of imidazole rings is 1. The van der Waals surface area contributed by atoms with Crippen LogP contribution in [0.2, 0.25) is 5.15 Å². The average Bonchev–Trinajstić information content (AvgIpc) is 3.18. The second-order valence-corrected chi connectivity index (χ2v) is 7.40. The standard InChI is InChI=1S/C19H20ClN5O2/c1-10-5-11(2)15(12(3)6-10)19(26)25-13(4)7-14(27-25)24-9-23-18-16(24)17(20)21-8-22-18/h5-6,8-9,13-14H,7H2,1-4H3/t13-,14-/m1/s1. The molecule has 3 heterocycles. The van der Waals surface area contributed by atoms with Crippen molar-refractivity contribution in [1.29, 1.82) is 0 Å². The molecule has 1 aromatic carbocycles. The van der Waals surface area contributed by atoms with Crippen LogP contribution in [0.3, 0.4) is 0 Å². The number of hydroxylamine groups is 2. The fraction of sp³-hybridized carbons (Fsp3) is 0.368. The molecule has 0 radical (unpaired) electrons. The van der Waals surface area contributed by atoms with Gasteiger partial charge in [0.1, 0.15) is 11.8 Å². The number of nitrogens with zero attached hydrogens (tertiary/aromatic N) is 5. The van der Waals surface area contributed by atoms with E-state index >= 15 is 0 Å². The maximum absolute atomic E-state index is 13.2. The number of fused-ring (bicyclic) bond motifs is 1. The Morgan fingerprint density at radius 2 is 1.89 bits per heavy atom. The van der Waals surface area contributed by atoms with Gasteiger partial charge in [-0.1, -0.05) is 29.3 Å². The van der Waals surface area contributed by atoms with Crippen molar-refractivity contribution >= 4 is 28.7 Å². The minimum absolute atomic E-state index is 0.0940. The van der Waals surface area contributed by atoms with E-state index in [9.17, 15) is 4.79 Å². The van der Waals surface area contributed by atoms with E-state index in [0.29, 0.717) is 28.3 Å². The quantitative estimate of drug-likeness (QED) is 0.628. The minimum atomic E-state index is -0.400. The molecule has 4 rings (SSSR count). The fourth-order valence-electron chi connectivity index (χ4n) is 3.76. The van der Waals surface area contributed by atoms with E-state index in [1.54, 1.807) is 10.9 Å². The van der Waals surface area contributed by atoms with Gasteiger partial charge in [0.25, 0.3) is 5.91 Å². The van der Waals surface area contributed by atoms with Crippen molar-refractivity contribution in [2.45, 2.75) is 46.4 Å². The number of benzene rings is 1. The highest BCUT2D eigenvalue weighted by molar-refractivity contribution is 6.33. The summed E-state index contributed by atoms with van der Waals surface area (Å²) in [7, 11) is 0. The molecule has 27 heavy (non-hydrogen) atoms. The molecular weight excluding hydrogens is 366 g/mol. The van der Waals surface area contributed by atoms with Crippen LogP contribution in [0.4, 0.5) is 0 Å². The molecular formula is C19H20ClN5O2. The predicted molar refractivity (Wildman–Crippen MR) is 101 cm³/mol. The van der Waals surface area contributed by atoms with Crippen LogP contribution >= 0.6 is 11.6 Å². The zero-order chi connectivity index (χ0) is 19.3. The van der Waals surface area contributed by atoms with Gasteiger partial charge in [-0.15, -0.1) is 0 Å². The van der Waals surface area contributed by atoms with Gasteiger partial charge in [0.2, 0.25) is 0 Å². The molecule has 2 atom stereocenters. The number of carbonyl (C=O) groups is 1. The van der Waals surface area contributed by atoms with E-state index in [4.69, 9.17) is 16.4 Å². The maximum atomic E-state index is 13.2. The van der Waals surface area contributed by atoms with Crippen molar-refractivity contribution in [2.75, 3.05) is 0 Å². The van der Waals surface area contributed by atoms with E-state index in [2.05, 4.69) is 15.0 Å². The lowest BCUT2D eigenvalue weighted by Crippen LogP contribution is -2.33. The number of aromatic nitrogens is 4. The minimum Gasteiger partial charge on any atom is -0.297 e. The number of halogens is 1. The summed E-state index contributed by atoms with van der Waals surface area (Å²) in [5.41, 5.74) is 4.82. The topological polar surface area (TPSA) is 73.1 Å². The van der Waals surface area contributed by atoms with Gasteiger partial charge in [-0.2, -0.15) is 0 Å². The number of hydrogen-bond acceptors (Lipinski definition) is 5. The average molecular weight is 386 g/mol. The van der Waals surface area contributed by atoms with Crippen LogP contribution < -0.4 is 0 Å². The molecule has 1 aliphatic heterocycles. The molecule has 140 valence electrons. The van der Waals surface area contributed by atoms with Crippen LogP contribution in [-0.2, 0) is 4.84 Å². The van der Waals surface area contributed by atoms with Gasteiger partial charge < -0.3 is 0 Å². The molecule has 2 aromatic heterocycles. The third kappa shape index (κ3) is 2.96. The Labute approximate surface area is 161 Å². The van der Waals surface area contributed by atoms with E-state index in [0.717, 1.165) is 16.7 Å². The van der Waals surface area contributed by atoms with Crippen molar-refractivity contribution in [2.24, 2.45) is 0 Å². The van der Waals surface area contributed by atoms with Gasteiger partial charge in [-0.25, -0.2) is 24.9 Å². The van der Waals surface area contributed by atoms with Crippen LogP contribution in [0.1, 0.15) is 46.6 Å². The largest absolute Gasteiger partial charge is 0.297 e. The number of amides is 1. The number of aryl methyl sites for hydroxylation is 3. The molecule has 0 unspecified atom stereocenters. The Hall–Kier alpha value is -2.51. The number of hydrogen-bond donors (Lipinski definition) is 0. The summed E-state index contributed by atoms with van der Waals surface area (Å²) >= 11 is 6.22. The first-order valence-electron chi connectivity index (χ1n) is 8.78. The SMILES string of the molecule is Cc1cc(C)c(C(=O)N2O[C@@H](n3cnc4ncnc(Cl)c43)C[C@H]2C)c(C)c1. The number of rotatable bonds is 2. The van der Waals surface area contributed by atoms with Gasteiger partial charge in [0.15, 0.2) is 17.0 Å². The maximum Gasteiger partial charge on any atom is 0.278 e. The summed E-state index contributed by atoms with van der Waals surface area (Å²) in [6.07, 6.45) is 3.22. The Kier molecular flexibility index (Phi) is 4.36. The highest BCUT2D eigenvalue weighted by Crippen LogP contribution is 2.34. The molecule has 1 saturated heterocycles. The monoisotopic (exact) mass is 385 g/mol. The van der Waals surface area contributed by atoms with Crippen LogP contribution in [0.25, 0.3) is 11.2 Å². The summed E-state index contributed by atoms with van der Waals surface area (Å²) in [5, 5.41) is 1.77. The van der Waals surface area contributed by atoms with E-state index < -0.39 is 6.23 Å². The molecule has 1 aliphatic rings. The molecule has 0 spiro atoms. The van der Waals surface area contributed by atoms with Crippen molar-refractivity contribution < 1.29 is 9.63 Å². The molecule has 0 aliphatic carbocycles. The molecule has 8 heteroatoms. The zero-order valence-electron chi connectivity index (χ0n) is 15.6. The Bertz CT molecular complexity index is 1020. The van der Waals surface area contributed by atoms with Crippen molar-refractivity contribution in [3.63, 3.8) is 0 Å². The van der Waals surface area contributed by atoms with Crippen LogP contribution in [0, 0.1) is 20.8 Å². The van der Waals surface area contributed by atoms with Crippen molar-refractivity contribution in [1.82, 2.24) is 24.6 Å². The predicted octanol–water partition coefficient (Wildman–Crippen LogP) is 3.77. The first-order chi connectivity index (χ1) is 12.9. The molecule has 1 amide bonds. The molecule has 3 aromatic rings. The normalized spacial score (nSPS) is 19.8. The van der Waals surface area contributed by atoms with Gasteiger partial charge in [-0.3, -0.25) is 9.36 Å². The van der Waals surface area contributed by atoms with Gasteiger partial charge >= 0.3 is 0 Å².